The summed E-state index contributed by atoms with van der Waals surface area (Å²) < 4.78 is 22.1. The summed E-state index contributed by atoms with van der Waals surface area (Å²) in [5.41, 5.74) is 2.22. The summed E-state index contributed by atoms with van der Waals surface area (Å²) in [5, 5.41) is 0.903. The fourth-order valence-electron chi connectivity index (χ4n) is 4.05. The highest BCUT2D eigenvalue weighted by Crippen LogP contribution is 2.41. The number of hydrogen-bond donors (Lipinski definition) is 1. The van der Waals surface area contributed by atoms with Gasteiger partial charge in [0.2, 0.25) is 0 Å². The topological polar surface area (TPSA) is 47.6 Å². The van der Waals surface area contributed by atoms with E-state index in [1.54, 1.807) is 12.1 Å². The zero-order chi connectivity index (χ0) is 24.0. The molecule has 1 aliphatic heterocycles. The van der Waals surface area contributed by atoms with E-state index in [-0.39, 0.29) is 12.0 Å². The van der Waals surface area contributed by atoms with Crippen molar-refractivity contribution in [1.29, 1.82) is 0 Å². The van der Waals surface area contributed by atoms with Gasteiger partial charge in [0.25, 0.3) is 0 Å². The number of benzene rings is 2. The Morgan fingerprint density at radius 3 is 2.42 bits per heavy atom. The molecule has 2 aromatic rings. The monoisotopic (exact) mass is 508 g/mol. The summed E-state index contributed by atoms with van der Waals surface area (Å²) in [4.78, 5) is 2.48. The molecule has 1 aliphatic rings. The molecule has 0 radical (unpaired) electrons. The normalized spacial score (nSPS) is 17.5. The summed E-state index contributed by atoms with van der Waals surface area (Å²) in [7, 11) is 0. The Morgan fingerprint density at radius 1 is 1.18 bits per heavy atom. The Bertz CT molecular complexity index is 912. The van der Waals surface area contributed by atoms with Gasteiger partial charge in [-0.2, -0.15) is 0 Å². The highest BCUT2D eigenvalue weighted by atomic mass is 35.5. The minimum atomic E-state index is -1.25. The molecule has 2 atom stereocenters. The van der Waals surface area contributed by atoms with Crippen molar-refractivity contribution in [3.8, 4) is 5.75 Å². The van der Waals surface area contributed by atoms with Crippen LogP contribution in [0.25, 0.3) is 0 Å². The maximum absolute atomic E-state index is 13.1. The first-order valence-electron chi connectivity index (χ1n) is 11.4. The third-order valence-corrected chi connectivity index (χ3v) is 8.19. The average Bonchev–Trinajstić information content (AvgIpc) is 2.78. The Kier molecular flexibility index (Phi) is 9.57. The second-order valence-corrected chi connectivity index (χ2v) is 12.3. The molecule has 0 saturated carbocycles. The third kappa shape index (κ3) is 7.38. The van der Waals surface area contributed by atoms with Gasteiger partial charge in [0.1, 0.15) is 17.1 Å². The van der Waals surface area contributed by atoms with Gasteiger partial charge in [-0.05, 0) is 64.3 Å². The first kappa shape index (κ1) is 26.4. The van der Waals surface area contributed by atoms with Crippen LogP contribution in [0.15, 0.2) is 55.1 Å². The van der Waals surface area contributed by atoms with Gasteiger partial charge in [-0.15, -0.1) is 4.72 Å². The first-order valence-corrected chi connectivity index (χ1v) is 13.3. The molecule has 1 saturated heterocycles. The summed E-state index contributed by atoms with van der Waals surface area (Å²) >= 11 is 11.5. The highest BCUT2D eigenvalue weighted by molar-refractivity contribution is 7.90. The molecule has 3 rings (SSSR count). The molecule has 7 heteroatoms. The maximum atomic E-state index is 13.1. The van der Waals surface area contributed by atoms with Gasteiger partial charge in [0.05, 0.1) is 16.1 Å². The van der Waals surface area contributed by atoms with Crippen molar-refractivity contribution >= 4 is 34.6 Å². The van der Waals surface area contributed by atoms with E-state index in [9.17, 15) is 4.55 Å². The van der Waals surface area contributed by atoms with Crippen molar-refractivity contribution in [3.63, 3.8) is 0 Å². The molecule has 4 nitrogen and oxygen atoms in total. The van der Waals surface area contributed by atoms with E-state index in [0.29, 0.717) is 22.4 Å². The summed E-state index contributed by atoms with van der Waals surface area (Å²) in [6.07, 6.45) is 3.66. The van der Waals surface area contributed by atoms with Crippen molar-refractivity contribution in [2.24, 2.45) is 5.92 Å². The number of halogens is 2. The van der Waals surface area contributed by atoms with Crippen LogP contribution in [0.4, 0.5) is 0 Å². The second kappa shape index (κ2) is 12.0. The van der Waals surface area contributed by atoms with Gasteiger partial charge >= 0.3 is 0 Å². The SMILES string of the molecule is C=CCOc1cc(Cl)c(Cl)cc1C(N[S+]([O-])C(C)(C)C)C1CCN(Cc2ccccc2)CC1. The van der Waals surface area contributed by atoms with Crippen LogP contribution in [0.3, 0.4) is 0 Å². The van der Waals surface area contributed by atoms with Crippen LogP contribution in [0.2, 0.25) is 10.0 Å². The van der Waals surface area contributed by atoms with E-state index in [1.807, 2.05) is 32.9 Å². The number of likely N-dealkylation sites (tertiary alicyclic amines) is 1. The summed E-state index contributed by atoms with van der Waals surface area (Å²) in [5.74, 6) is 0.936. The summed E-state index contributed by atoms with van der Waals surface area (Å²) in [6, 6.07) is 14.0. The fraction of sp³-hybridized carbons (Fsp3) is 0.462. The first-order chi connectivity index (χ1) is 15.7. The number of piperidine rings is 1. The lowest BCUT2D eigenvalue weighted by Gasteiger charge is -2.38. The van der Waals surface area contributed by atoms with Crippen molar-refractivity contribution in [2.45, 2.75) is 50.9 Å². The van der Waals surface area contributed by atoms with Gasteiger partial charge < -0.3 is 9.29 Å². The standard InChI is InChI=1S/C26H34Cl2N2O2S/c1-5-15-32-24-17-23(28)22(27)16-21(24)25(29-33(31)26(2,3)4)20-11-13-30(14-12-20)18-19-9-7-6-8-10-19/h5-10,16-17,20,25,29H,1,11-15,18H2,2-4H3. The molecule has 1 heterocycles. The van der Waals surface area contributed by atoms with Crippen molar-refractivity contribution in [1.82, 2.24) is 9.62 Å². The number of ether oxygens (including phenoxy) is 1. The molecule has 0 aromatic heterocycles. The van der Waals surface area contributed by atoms with E-state index >= 15 is 0 Å². The average molecular weight is 510 g/mol. The largest absolute Gasteiger partial charge is 0.598 e. The van der Waals surface area contributed by atoms with Crippen LogP contribution in [0.5, 0.6) is 5.75 Å². The minimum absolute atomic E-state index is 0.168. The zero-order valence-corrected chi connectivity index (χ0v) is 22.0. The van der Waals surface area contributed by atoms with E-state index in [0.717, 1.165) is 38.0 Å². The van der Waals surface area contributed by atoms with Gasteiger partial charge in [0, 0.05) is 29.5 Å². The molecule has 2 unspecified atom stereocenters. The molecular formula is C26H34Cl2N2O2S. The Hall–Kier alpha value is -1.21. The number of rotatable bonds is 9. The van der Waals surface area contributed by atoms with Crippen LogP contribution < -0.4 is 9.46 Å². The third-order valence-electron chi connectivity index (χ3n) is 5.89. The van der Waals surface area contributed by atoms with Crippen molar-refractivity contribution < 1.29 is 9.29 Å². The molecule has 180 valence electrons. The molecular weight excluding hydrogens is 475 g/mol. The van der Waals surface area contributed by atoms with E-state index in [4.69, 9.17) is 27.9 Å². The lowest BCUT2D eigenvalue weighted by molar-refractivity contribution is 0.157. The van der Waals surface area contributed by atoms with Crippen molar-refractivity contribution in [2.75, 3.05) is 19.7 Å². The van der Waals surface area contributed by atoms with Crippen LogP contribution in [-0.2, 0) is 17.9 Å². The van der Waals surface area contributed by atoms with Crippen LogP contribution in [-0.4, -0.2) is 33.9 Å². The predicted molar refractivity (Wildman–Crippen MR) is 140 cm³/mol. The van der Waals surface area contributed by atoms with Gasteiger partial charge in [0.15, 0.2) is 0 Å². The minimum Gasteiger partial charge on any atom is -0.598 e. The number of nitrogens with one attached hydrogen (secondary N) is 1. The zero-order valence-electron chi connectivity index (χ0n) is 19.7. The molecule has 33 heavy (non-hydrogen) atoms. The molecule has 1 fully saturated rings. The van der Waals surface area contributed by atoms with Crippen LogP contribution >= 0.6 is 23.2 Å². The van der Waals surface area contributed by atoms with Gasteiger partial charge in [-0.3, -0.25) is 4.90 Å². The Morgan fingerprint density at radius 2 is 1.82 bits per heavy atom. The van der Waals surface area contributed by atoms with E-state index < -0.39 is 16.1 Å². The number of nitrogens with zero attached hydrogens (tertiary/aromatic N) is 1. The van der Waals surface area contributed by atoms with Crippen molar-refractivity contribution in [3.05, 3.63) is 76.3 Å². The number of hydrogen-bond acceptors (Lipinski definition) is 4. The Balaban J connectivity index is 1.84. The highest BCUT2D eigenvalue weighted by Gasteiger charge is 2.36. The molecule has 0 spiro atoms. The fourth-order valence-corrected chi connectivity index (χ4v) is 5.28. The lowest BCUT2D eigenvalue weighted by Crippen LogP contribution is -2.45. The maximum Gasteiger partial charge on any atom is 0.136 e. The van der Waals surface area contributed by atoms with Gasteiger partial charge in [-0.25, -0.2) is 0 Å². The molecule has 0 bridgehead atoms. The van der Waals surface area contributed by atoms with E-state index in [2.05, 4.69) is 40.5 Å². The van der Waals surface area contributed by atoms with Gasteiger partial charge in [-0.1, -0.05) is 66.2 Å². The smallest absolute Gasteiger partial charge is 0.136 e. The van der Waals surface area contributed by atoms with Crippen LogP contribution in [0, 0.1) is 5.92 Å². The summed E-state index contributed by atoms with van der Waals surface area (Å²) in [6.45, 7) is 12.9. The predicted octanol–water partition coefficient (Wildman–Crippen LogP) is 6.56. The molecule has 2 aromatic carbocycles. The molecule has 1 N–H and O–H groups in total. The second-order valence-electron chi connectivity index (χ2n) is 9.48. The van der Waals surface area contributed by atoms with E-state index in [1.165, 1.54) is 5.56 Å². The van der Waals surface area contributed by atoms with Crippen LogP contribution in [0.1, 0.15) is 50.8 Å². The Labute approximate surface area is 211 Å². The lowest BCUT2D eigenvalue weighted by atomic mass is 9.85. The quantitative estimate of drug-likeness (QED) is 0.307. The molecule has 0 aliphatic carbocycles. The molecule has 0 amide bonds.